The Morgan fingerprint density at radius 3 is 2.82 bits per heavy atom. The highest BCUT2D eigenvalue weighted by molar-refractivity contribution is 7.91. The third-order valence-electron chi connectivity index (χ3n) is 4.21. The number of carbonyl (C=O) groups excluding carboxylic acids is 1. The zero-order chi connectivity index (χ0) is 15.7. The lowest BCUT2D eigenvalue weighted by atomic mass is 10.1. The van der Waals surface area contributed by atoms with Crippen LogP contribution in [0.5, 0.6) is 11.5 Å². The van der Waals surface area contributed by atoms with E-state index in [0.717, 1.165) is 11.3 Å². The third-order valence-corrected chi connectivity index (χ3v) is 5.96. The van der Waals surface area contributed by atoms with Crippen molar-refractivity contribution in [2.45, 2.75) is 25.3 Å². The molecule has 1 aromatic rings. The predicted octanol–water partition coefficient (Wildman–Crippen LogP) is 0.993. The highest BCUT2D eigenvalue weighted by Crippen LogP contribution is 2.32. The lowest BCUT2D eigenvalue weighted by Crippen LogP contribution is -2.37. The molecule has 6 nitrogen and oxygen atoms in total. The van der Waals surface area contributed by atoms with E-state index in [1.807, 2.05) is 18.2 Å². The Morgan fingerprint density at radius 1 is 1.32 bits per heavy atom. The minimum atomic E-state index is -2.97. The van der Waals surface area contributed by atoms with E-state index in [1.54, 1.807) is 11.9 Å². The lowest BCUT2D eigenvalue weighted by molar-refractivity contribution is -0.131. The van der Waals surface area contributed by atoms with E-state index in [0.29, 0.717) is 25.0 Å². The second-order valence-corrected chi connectivity index (χ2v) is 7.98. The van der Waals surface area contributed by atoms with Gasteiger partial charge in [0, 0.05) is 19.5 Å². The number of aryl methyl sites for hydroxylation is 1. The van der Waals surface area contributed by atoms with Crippen LogP contribution in [-0.2, 0) is 21.1 Å². The van der Waals surface area contributed by atoms with E-state index >= 15 is 0 Å². The van der Waals surface area contributed by atoms with Crippen LogP contribution < -0.4 is 9.47 Å². The van der Waals surface area contributed by atoms with Crippen LogP contribution in [0.15, 0.2) is 18.2 Å². The standard InChI is InChI=1S/C15H19NO5S/c1-16(12-6-7-22(18,19)9-12)15(17)5-3-11-2-4-13-14(8-11)21-10-20-13/h2,4,8,12H,3,5-7,9-10H2,1H3. The van der Waals surface area contributed by atoms with Gasteiger partial charge in [-0.05, 0) is 30.5 Å². The third kappa shape index (κ3) is 3.19. The van der Waals surface area contributed by atoms with Crippen LogP contribution >= 0.6 is 0 Å². The summed E-state index contributed by atoms with van der Waals surface area (Å²) in [6.07, 6.45) is 1.49. The molecule has 1 aromatic carbocycles. The molecule has 1 unspecified atom stereocenters. The first kappa shape index (κ1) is 15.1. The molecule has 0 aliphatic carbocycles. The van der Waals surface area contributed by atoms with Crippen LogP contribution in [0.2, 0.25) is 0 Å². The molecule has 0 N–H and O–H groups in total. The summed E-state index contributed by atoms with van der Waals surface area (Å²) in [5, 5.41) is 0. The number of amides is 1. The number of carbonyl (C=O) groups is 1. The Hall–Kier alpha value is -1.76. The smallest absolute Gasteiger partial charge is 0.231 e. The van der Waals surface area contributed by atoms with Crippen molar-refractivity contribution in [2.24, 2.45) is 0 Å². The van der Waals surface area contributed by atoms with Gasteiger partial charge in [0.15, 0.2) is 21.3 Å². The molecule has 1 saturated heterocycles. The van der Waals surface area contributed by atoms with Gasteiger partial charge in [-0.25, -0.2) is 8.42 Å². The van der Waals surface area contributed by atoms with Crippen molar-refractivity contribution in [1.82, 2.24) is 4.90 Å². The average Bonchev–Trinajstić information content (AvgIpc) is 3.09. The van der Waals surface area contributed by atoms with Gasteiger partial charge in [0.25, 0.3) is 0 Å². The lowest BCUT2D eigenvalue weighted by Gasteiger charge is -2.23. The highest BCUT2D eigenvalue weighted by Gasteiger charge is 2.32. The van der Waals surface area contributed by atoms with E-state index < -0.39 is 9.84 Å². The van der Waals surface area contributed by atoms with Gasteiger partial charge >= 0.3 is 0 Å². The van der Waals surface area contributed by atoms with Gasteiger partial charge < -0.3 is 14.4 Å². The van der Waals surface area contributed by atoms with Gasteiger partial charge in [-0.15, -0.1) is 0 Å². The van der Waals surface area contributed by atoms with Crippen LogP contribution in [0.25, 0.3) is 0 Å². The largest absolute Gasteiger partial charge is 0.454 e. The summed E-state index contributed by atoms with van der Waals surface area (Å²) in [7, 11) is -1.28. The quantitative estimate of drug-likeness (QED) is 0.825. The van der Waals surface area contributed by atoms with Crippen molar-refractivity contribution in [3.8, 4) is 11.5 Å². The number of sulfone groups is 1. The predicted molar refractivity (Wildman–Crippen MR) is 80.7 cm³/mol. The number of hydrogen-bond donors (Lipinski definition) is 0. The molecule has 0 saturated carbocycles. The van der Waals surface area contributed by atoms with Crippen molar-refractivity contribution < 1.29 is 22.7 Å². The molecule has 1 fully saturated rings. The van der Waals surface area contributed by atoms with Gasteiger partial charge in [0.2, 0.25) is 12.7 Å². The molecule has 0 bridgehead atoms. The summed E-state index contributed by atoms with van der Waals surface area (Å²) in [5.41, 5.74) is 1.00. The van der Waals surface area contributed by atoms with E-state index in [4.69, 9.17) is 9.47 Å². The second-order valence-electron chi connectivity index (χ2n) is 5.75. The maximum atomic E-state index is 12.2. The van der Waals surface area contributed by atoms with Crippen molar-refractivity contribution in [1.29, 1.82) is 0 Å². The molecule has 3 rings (SSSR count). The molecule has 0 radical (unpaired) electrons. The number of hydrogen-bond acceptors (Lipinski definition) is 5. The molecule has 1 amide bonds. The molecule has 7 heteroatoms. The average molecular weight is 325 g/mol. The summed E-state index contributed by atoms with van der Waals surface area (Å²) >= 11 is 0. The maximum absolute atomic E-state index is 12.2. The molecule has 22 heavy (non-hydrogen) atoms. The fraction of sp³-hybridized carbons (Fsp3) is 0.533. The van der Waals surface area contributed by atoms with Gasteiger partial charge in [-0.2, -0.15) is 0 Å². The van der Waals surface area contributed by atoms with Gasteiger partial charge in [0.1, 0.15) is 0 Å². The SMILES string of the molecule is CN(C(=O)CCc1ccc2c(c1)OCO2)C1CCS(=O)(=O)C1. The summed E-state index contributed by atoms with van der Waals surface area (Å²) in [6, 6.07) is 5.46. The summed E-state index contributed by atoms with van der Waals surface area (Å²) in [6.45, 7) is 0.233. The van der Waals surface area contributed by atoms with Gasteiger partial charge in [-0.1, -0.05) is 6.07 Å². The first-order valence-electron chi connectivity index (χ1n) is 7.29. The maximum Gasteiger partial charge on any atom is 0.231 e. The van der Waals surface area contributed by atoms with Gasteiger partial charge in [-0.3, -0.25) is 4.79 Å². The Labute approximate surface area is 129 Å². The number of benzene rings is 1. The fourth-order valence-electron chi connectivity index (χ4n) is 2.81. The van der Waals surface area contributed by atoms with E-state index in [2.05, 4.69) is 0 Å². The van der Waals surface area contributed by atoms with Crippen LogP contribution in [0.1, 0.15) is 18.4 Å². The van der Waals surface area contributed by atoms with Crippen molar-refractivity contribution >= 4 is 15.7 Å². The number of rotatable bonds is 4. The molecule has 2 heterocycles. The van der Waals surface area contributed by atoms with E-state index in [9.17, 15) is 13.2 Å². The van der Waals surface area contributed by atoms with E-state index in [1.165, 1.54) is 0 Å². The van der Waals surface area contributed by atoms with Crippen molar-refractivity contribution in [3.63, 3.8) is 0 Å². The second kappa shape index (κ2) is 5.79. The van der Waals surface area contributed by atoms with Crippen LogP contribution in [0.3, 0.4) is 0 Å². The number of fused-ring (bicyclic) bond motifs is 1. The normalized spacial score (nSPS) is 21.8. The zero-order valence-corrected chi connectivity index (χ0v) is 13.3. The molecule has 2 aliphatic heterocycles. The Morgan fingerprint density at radius 2 is 2.09 bits per heavy atom. The summed E-state index contributed by atoms with van der Waals surface area (Å²) in [5.74, 6) is 1.67. The Kier molecular flexibility index (Phi) is 3.99. The minimum absolute atomic E-state index is 0.0280. The summed E-state index contributed by atoms with van der Waals surface area (Å²) < 4.78 is 33.5. The molecule has 0 aromatic heterocycles. The number of nitrogens with zero attached hydrogens (tertiary/aromatic N) is 1. The monoisotopic (exact) mass is 325 g/mol. The molecule has 1 atom stereocenters. The molecule has 0 spiro atoms. The molecular formula is C15H19NO5S. The first-order chi connectivity index (χ1) is 10.4. The van der Waals surface area contributed by atoms with Crippen LogP contribution in [0, 0.1) is 0 Å². The van der Waals surface area contributed by atoms with Gasteiger partial charge in [0.05, 0.1) is 11.5 Å². The van der Waals surface area contributed by atoms with Crippen LogP contribution in [0.4, 0.5) is 0 Å². The van der Waals surface area contributed by atoms with Crippen LogP contribution in [-0.4, -0.2) is 50.6 Å². The van der Waals surface area contributed by atoms with Crippen molar-refractivity contribution in [3.05, 3.63) is 23.8 Å². The topological polar surface area (TPSA) is 72.9 Å². The van der Waals surface area contributed by atoms with E-state index in [-0.39, 0.29) is 30.2 Å². The molecule has 120 valence electrons. The Bertz CT molecular complexity index is 685. The number of ether oxygens (including phenoxy) is 2. The molecular weight excluding hydrogens is 306 g/mol. The molecule has 2 aliphatic rings. The fourth-order valence-corrected chi connectivity index (χ4v) is 4.58. The Balaban J connectivity index is 1.56. The van der Waals surface area contributed by atoms with Crippen molar-refractivity contribution in [2.75, 3.05) is 25.3 Å². The minimum Gasteiger partial charge on any atom is -0.454 e. The first-order valence-corrected chi connectivity index (χ1v) is 9.11. The summed E-state index contributed by atoms with van der Waals surface area (Å²) in [4.78, 5) is 13.8. The zero-order valence-electron chi connectivity index (χ0n) is 12.4. The highest BCUT2D eigenvalue weighted by atomic mass is 32.2.